The molecule has 0 spiro atoms. The Morgan fingerprint density at radius 3 is 1.29 bits per heavy atom. The summed E-state index contributed by atoms with van der Waals surface area (Å²) in [5.41, 5.74) is 3.36. The van der Waals surface area contributed by atoms with Gasteiger partial charge in [0.25, 0.3) is 5.97 Å². The summed E-state index contributed by atoms with van der Waals surface area (Å²) in [4.78, 5) is 0. The van der Waals surface area contributed by atoms with Crippen molar-refractivity contribution in [2.45, 2.75) is 30.7 Å². The molecule has 0 saturated heterocycles. The number of ether oxygens (including phenoxy) is 2. The van der Waals surface area contributed by atoms with E-state index in [4.69, 9.17) is 9.47 Å². The lowest BCUT2D eigenvalue weighted by Crippen LogP contribution is -2.35. The number of methoxy groups -OCH3 is 2. The maximum atomic E-state index is 10.4. The third kappa shape index (κ3) is 4.17. The van der Waals surface area contributed by atoms with Crippen LogP contribution in [0.15, 0.2) is 91.0 Å². The summed E-state index contributed by atoms with van der Waals surface area (Å²) in [5.74, 6) is -1.56. The zero-order chi connectivity index (χ0) is 19.9. The molecule has 3 heteroatoms. The molecule has 0 aliphatic rings. The van der Waals surface area contributed by atoms with Crippen molar-refractivity contribution in [1.29, 1.82) is 0 Å². The van der Waals surface area contributed by atoms with Crippen molar-refractivity contribution >= 4 is 0 Å². The summed E-state index contributed by atoms with van der Waals surface area (Å²) >= 11 is 0. The number of aliphatic hydroxyl groups is 1. The molecule has 28 heavy (non-hydrogen) atoms. The molecule has 0 aliphatic heterocycles. The highest BCUT2D eigenvalue weighted by Gasteiger charge is 2.37. The van der Waals surface area contributed by atoms with Crippen molar-refractivity contribution in [1.82, 2.24) is 0 Å². The van der Waals surface area contributed by atoms with Gasteiger partial charge in [-0.3, -0.25) is 0 Å². The Morgan fingerprint density at radius 1 is 0.607 bits per heavy atom. The number of hydrogen-bond acceptors (Lipinski definition) is 3. The fourth-order valence-electron chi connectivity index (χ4n) is 3.97. The molecule has 146 valence electrons. The van der Waals surface area contributed by atoms with E-state index in [1.54, 1.807) is 0 Å². The molecule has 3 aromatic rings. The third-order valence-electron chi connectivity index (χ3n) is 5.48. The van der Waals surface area contributed by atoms with Gasteiger partial charge in [0.05, 0.1) is 0 Å². The minimum absolute atomic E-state index is 0.327. The number of benzene rings is 3. The predicted octanol–water partition coefficient (Wildman–Crippen LogP) is 5.13. The van der Waals surface area contributed by atoms with Gasteiger partial charge in [0, 0.05) is 26.1 Å². The van der Waals surface area contributed by atoms with Gasteiger partial charge in [-0.25, -0.2) is 0 Å². The van der Waals surface area contributed by atoms with Gasteiger partial charge in [-0.15, -0.1) is 0 Å². The molecular formula is C25H28O3. The molecule has 0 heterocycles. The maximum Gasteiger partial charge on any atom is 0.279 e. The van der Waals surface area contributed by atoms with Crippen LogP contribution in [0, 0.1) is 0 Å². The molecule has 0 fully saturated rings. The van der Waals surface area contributed by atoms with Gasteiger partial charge in [-0.05, 0) is 29.5 Å². The predicted molar refractivity (Wildman–Crippen MR) is 112 cm³/mol. The summed E-state index contributed by atoms with van der Waals surface area (Å²) < 4.78 is 10.3. The summed E-state index contributed by atoms with van der Waals surface area (Å²) in [6, 6.07) is 31.7. The molecule has 3 rings (SSSR count). The average molecular weight is 376 g/mol. The van der Waals surface area contributed by atoms with E-state index in [9.17, 15) is 5.11 Å². The summed E-state index contributed by atoms with van der Waals surface area (Å²) in [6.45, 7) is 0. The minimum Gasteiger partial charge on any atom is -0.343 e. The Balaban J connectivity index is 2.09. The van der Waals surface area contributed by atoms with Crippen LogP contribution in [-0.2, 0) is 14.9 Å². The summed E-state index contributed by atoms with van der Waals surface area (Å²) in [5, 5.41) is 10.4. The zero-order valence-electron chi connectivity index (χ0n) is 16.5. The van der Waals surface area contributed by atoms with Crippen LogP contribution < -0.4 is 0 Å². The van der Waals surface area contributed by atoms with Crippen LogP contribution in [0.3, 0.4) is 0 Å². The lowest BCUT2D eigenvalue weighted by Gasteiger charge is -2.37. The van der Waals surface area contributed by atoms with E-state index in [2.05, 4.69) is 72.8 Å². The van der Waals surface area contributed by atoms with Crippen LogP contribution in [-0.4, -0.2) is 25.3 Å². The van der Waals surface area contributed by atoms with E-state index >= 15 is 0 Å². The van der Waals surface area contributed by atoms with Crippen molar-refractivity contribution in [2.75, 3.05) is 14.2 Å². The lowest BCUT2D eigenvalue weighted by molar-refractivity contribution is -0.343. The molecule has 0 aliphatic carbocycles. The van der Waals surface area contributed by atoms with E-state index in [0.29, 0.717) is 6.42 Å². The first-order valence-corrected chi connectivity index (χ1v) is 9.64. The third-order valence-corrected chi connectivity index (χ3v) is 5.48. The SMILES string of the molecule is COC(O)(CCCC(c1ccccc1)(c1ccccc1)c1ccccc1)OC. The molecular weight excluding hydrogens is 348 g/mol. The Hall–Kier alpha value is -2.46. The van der Waals surface area contributed by atoms with Gasteiger partial charge in [0.1, 0.15) is 0 Å². The van der Waals surface area contributed by atoms with Crippen LogP contribution in [0.25, 0.3) is 0 Å². The maximum absolute atomic E-state index is 10.4. The van der Waals surface area contributed by atoms with Crippen molar-refractivity contribution in [3.05, 3.63) is 108 Å². The fourth-order valence-corrected chi connectivity index (χ4v) is 3.97. The summed E-state index contributed by atoms with van der Waals surface area (Å²) in [7, 11) is 2.92. The van der Waals surface area contributed by atoms with Crippen LogP contribution >= 0.6 is 0 Å². The van der Waals surface area contributed by atoms with Crippen LogP contribution in [0.4, 0.5) is 0 Å². The van der Waals surface area contributed by atoms with E-state index < -0.39 is 5.97 Å². The van der Waals surface area contributed by atoms with Crippen molar-refractivity contribution in [3.8, 4) is 0 Å². The molecule has 0 bridgehead atoms. The van der Waals surface area contributed by atoms with Gasteiger partial charge in [0.15, 0.2) is 0 Å². The Morgan fingerprint density at radius 2 is 0.964 bits per heavy atom. The number of rotatable bonds is 9. The van der Waals surface area contributed by atoms with Gasteiger partial charge >= 0.3 is 0 Å². The molecule has 3 aromatic carbocycles. The van der Waals surface area contributed by atoms with Gasteiger partial charge in [-0.1, -0.05) is 91.0 Å². The van der Waals surface area contributed by atoms with Crippen molar-refractivity contribution in [2.24, 2.45) is 0 Å². The fraction of sp³-hybridized carbons (Fsp3) is 0.280. The van der Waals surface area contributed by atoms with Gasteiger partial charge < -0.3 is 14.6 Å². The first-order valence-electron chi connectivity index (χ1n) is 9.64. The summed E-state index contributed by atoms with van der Waals surface area (Å²) in [6.07, 6.45) is 1.91. The second kappa shape index (κ2) is 9.16. The normalized spacial score (nSPS) is 12.1. The highest BCUT2D eigenvalue weighted by molar-refractivity contribution is 5.50. The molecule has 0 aromatic heterocycles. The molecule has 0 atom stereocenters. The first-order chi connectivity index (χ1) is 13.6. The molecule has 1 N–H and O–H groups in total. The minimum atomic E-state index is -1.56. The molecule has 0 unspecified atom stereocenters. The lowest BCUT2D eigenvalue weighted by atomic mass is 9.66. The molecule has 0 saturated carbocycles. The van der Waals surface area contributed by atoms with Crippen molar-refractivity contribution < 1.29 is 14.6 Å². The smallest absolute Gasteiger partial charge is 0.279 e. The quantitative estimate of drug-likeness (QED) is 0.416. The highest BCUT2D eigenvalue weighted by atomic mass is 16.8. The van der Waals surface area contributed by atoms with Gasteiger partial charge in [-0.2, -0.15) is 0 Å². The molecule has 3 nitrogen and oxygen atoms in total. The van der Waals surface area contributed by atoms with E-state index in [-0.39, 0.29) is 5.41 Å². The standard InChI is InChI=1S/C25H28O3/c1-27-25(26,28-2)20-12-19-24(21-13-6-3-7-14-21,22-15-8-4-9-16-22)23-17-10-5-11-18-23/h3-11,13-18,26H,12,19-20H2,1-2H3. The Kier molecular flexibility index (Phi) is 6.63. The van der Waals surface area contributed by atoms with E-state index in [1.165, 1.54) is 30.9 Å². The molecule has 0 radical (unpaired) electrons. The Labute approximate surface area is 167 Å². The monoisotopic (exact) mass is 376 g/mol. The second-order valence-electron chi connectivity index (χ2n) is 6.98. The topological polar surface area (TPSA) is 38.7 Å². The largest absolute Gasteiger partial charge is 0.343 e. The van der Waals surface area contributed by atoms with Crippen molar-refractivity contribution in [3.63, 3.8) is 0 Å². The van der Waals surface area contributed by atoms with Crippen LogP contribution in [0.2, 0.25) is 0 Å². The van der Waals surface area contributed by atoms with Gasteiger partial charge in [0.2, 0.25) is 0 Å². The first kappa shape index (κ1) is 20.3. The second-order valence-corrected chi connectivity index (χ2v) is 6.98. The Bertz CT molecular complexity index is 731. The zero-order valence-corrected chi connectivity index (χ0v) is 16.5. The highest BCUT2D eigenvalue weighted by Crippen LogP contribution is 2.43. The molecule has 0 amide bonds. The number of hydrogen-bond donors (Lipinski definition) is 1. The van der Waals surface area contributed by atoms with E-state index in [0.717, 1.165) is 12.8 Å². The van der Waals surface area contributed by atoms with E-state index in [1.807, 2.05) is 18.2 Å². The van der Waals surface area contributed by atoms with Crippen LogP contribution in [0.1, 0.15) is 36.0 Å². The average Bonchev–Trinajstić information content (AvgIpc) is 2.78. The van der Waals surface area contributed by atoms with Crippen LogP contribution in [0.5, 0.6) is 0 Å².